The minimum atomic E-state index is -0.250. The number of phenolic OH excluding ortho intramolecular Hbond substituents is 1. The predicted molar refractivity (Wildman–Crippen MR) is 59.7 cm³/mol. The Morgan fingerprint density at radius 3 is 2.69 bits per heavy atom. The fraction of sp³-hybridized carbons (Fsp3) is 0.417. The molecule has 4 nitrogen and oxygen atoms in total. The molecule has 0 radical (unpaired) electrons. The van der Waals surface area contributed by atoms with E-state index in [1.807, 2.05) is 6.92 Å². The highest BCUT2D eigenvalue weighted by molar-refractivity contribution is 5.70. The number of carbonyl (C=O) groups is 1. The molecule has 0 bridgehead atoms. The topological polar surface area (TPSA) is 55.8 Å². The molecular formula is C12H16O4. The Balaban J connectivity index is 2.83. The molecule has 0 aliphatic heterocycles. The maximum atomic E-state index is 11.1. The van der Waals surface area contributed by atoms with Crippen LogP contribution in [0.2, 0.25) is 0 Å². The van der Waals surface area contributed by atoms with Crippen LogP contribution in [0.25, 0.3) is 0 Å². The molecule has 4 heteroatoms. The van der Waals surface area contributed by atoms with Crippen molar-refractivity contribution in [2.24, 2.45) is 0 Å². The van der Waals surface area contributed by atoms with Crippen molar-refractivity contribution in [1.29, 1.82) is 0 Å². The first-order valence-electron chi connectivity index (χ1n) is 5.02. The van der Waals surface area contributed by atoms with Gasteiger partial charge in [-0.05, 0) is 23.6 Å². The van der Waals surface area contributed by atoms with Crippen LogP contribution < -0.4 is 4.74 Å². The first-order chi connectivity index (χ1) is 7.58. The van der Waals surface area contributed by atoms with Crippen molar-refractivity contribution in [3.05, 3.63) is 23.8 Å². The number of aromatic hydroxyl groups is 1. The highest BCUT2D eigenvalue weighted by Crippen LogP contribution is 2.30. The number of methoxy groups -OCH3 is 2. The SMILES string of the molecule is COC(=O)CC(C)c1ccc(O)c(OC)c1. The second-order valence-electron chi connectivity index (χ2n) is 3.61. The van der Waals surface area contributed by atoms with E-state index in [9.17, 15) is 9.90 Å². The molecule has 0 aromatic heterocycles. The smallest absolute Gasteiger partial charge is 0.306 e. The standard InChI is InChI=1S/C12H16O4/c1-8(6-12(14)16-3)9-4-5-10(13)11(7-9)15-2/h4-5,7-8,13H,6H2,1-3H3. The molecule has 1 atom stereocenters. The lowest BCUT2D eigenvalue weighted by Gasteiger charge is -2.12. The summed E-state index contributed by atoms with van der Waals surface area (Å²) in [6, 6.07) is 5.05. The Kier molecular flexibility index (Phi) is 4.17. The summed E-state index contributed by atoms with van der Waals surface area (Å²) in [4.78, 5) is 11.1. The largest absolute Gasteiger partial charge is 0.504 e. The molecule has 0 heterocycles. The minimum Gasteiger partial charge on any atom is -0.504 e. The zero-order chi connectivity index (χ0) is 12.1. The van der Waals surface area contributed by atoms with Gasteiger partial charge in [0.25, 0.3) is 0 Å². The van der Waals surface area contributed by atoms with Crippen LogP contribution in [0.4, 0.5) is 0 Å². The number of phenols is 1. The number of ether oxygens (including phenoxy) is 2. The number of hydrogen-bond acceptors (Lipinski definition) is 4. The molecule has 1 N–H and O–H groups in total. The van der Waals surface area contributed by atoms with Crippen molar-refractivity contribution in [2.45, 2.75) is 19.3 Å². The Labute approximate surface area is 94.8 Å². The van der Waals surface area contributed by atoms with Crippen molar-refractivity contribution in [2.75, 3.05) is 14.2 Å². The van der Waals surface area contributed by atoms with Gasteiger partial charge in [-0.3, -0.25) is 4.79 Å². The van der Waals surface area contributed by atoms with Crippen LogP contribution >= 0.6 is 0 Å². The van der Waals surface area contributed by atoms with Crippen LogP contribution in [0.5, 0.6) is 11.5 Å². The molecule has 1 unspecified atom stereocenters. The summed E-state index contributed by atoms with van der Waals surface area (Å²) in [5.41, 5.74) is 0.931. The molecule has 0 fully saturated rings. The van der Waals surface area contributed by atoms with Gasteiger partial charge in [-0.1, -0.05) is 13.0 Å². The lowest BCUT2D eigenvalue weighted by molar-refractivity contribution is -0.140. The van der Waals surface area contributed by atoms with E-state index in [0.717, 1.165) is 5.56 Å². The van der Waals surface area contributed by atoms with Crippen molar-refractivity contribution < 1.29 is 19.4 Å². The number of rotatable bonds is 4. The first kappa shape index (κ1) is 12.4. The number of hydrogen-bond donors (Lipinski definition) is 1. The lowest BCUT2D eigenvalue weighted by Crippen LogP contribution is -2.06. The number of carbonyl (C=O) groups excluding carboxylic acids is 1. The highest BCUT2D eigenvalue weighted by Gasteiger charge is 2.13. The van der Waals surface area contributed by atoms with Crippen LogP contribution in [0.1, 0.15) is 24.8 Å². The summed E-state index contributed by atoms with van der Waals surface area (Å²) in [5.74, 6) is 0.284. The summed E-state index contributed by atoms with van der Waals surface area (Å²) < 4.78 is 9.60. The maximum absolute atomic E-state index is 11.1. The van der Waals surface area contributed by atoms with Gasteiger partial charge in [-0.15, -0.1) is 0 Å². The molecule has 0 spiro atoms. The van der Waals surface area contributed by atoms with Gasteiger partial charge in [0.15, 0.2) is 11.5 Å². The normalized spacial score (nSPS) is 11.9. The number of esters is 1. The molecule has 1 aromatic carbocycles. The maximum Gasteiger partial charge on any atom is 0.306 e. The van der Waals surface area contributed by atoms with Gasteiger partial charge in [-0.25, -0.2) is 0 Å². The van der Waals surface area contributed by atoms with E-state index in [2.05, 4.69) is 4.74 Å². The van der Waals surface area contributed by atoms with E-state index in [1.165, 1.54) is 14.2 Å². The Bertz CT molecular complexity index is 373. The highest BCUT2D eigenvalue weighted by atomic mass is 16.5. The van der Waals surface area contributed by atoms with E-state index in [0.29, 0.717) is 12.2 Å². The molecular weight excluding hydrogens is 208 g/mol. The van der Waals surface area contributed by atoms with E-state index >= 15 is 0 Å². The zero-order valence-corrected chi connectivity index (χ0v) is 9.69. The fourth-order valence-electron chi connectivity index (χ4n) is 1.45. The fourth-order valence-corrected chi connectivity index (χ4v) is 1.45. The molecule has 88 valence electrons. The van der Waals surface area contributed by atoms with Crippen LogP contribution in [0.3, 0.4) is 0 Å². The molecule has 0 aliphatic rings. The quantitative estimate of drug-likeness (QED) is 0.795. The Hall–Kier alpha value is -1.71. The molecule has 1 aromatic rings. The van der Waals surface area contributed by atoms with Crippen LogP contribution in [0.15, 0.2) is 18.2 Å². The third-order valence-electron chi connectivity index (χ3n) is 2.47. The molecule has 0 aliphatic carbocycles. The van der Waals surface area contributed by atoms with E-state index in [1.54, 1.807) is 18.2 Å². The molecule has 0 saturated heterocycles. The van der Waals surface area contributed by atoms with Gasteiger partial charge in [0.05, 0.1) is 20.6 Å². The van der Waals surface area contributed by atoms with E-state index in [-0.39, 0.29) is 17.6 Å². The van der Waals surface area contributed by atoms with Crippen molar-refractivity contribution >= 4 is 5.97 Å². The third kappa shape index (κ3) is 2.89. The molecule has 0 saturated carbocycles. The van der Waals surface area contributed by atoms with Gasteiger partial charge >= 0.3 is 5.97 Å². The second kappa shape index (κ2) is 5.39. The zero-order valence-electron chi connectivity index (χ0n) is 9.69. The third-order valence-corrected chi connectivity index (χ3v) is 2.47. The minimum absolute atomic E-state index is 0.0296. The van der Waals surface area contributed by atoms with Crippen LogP contribution in [0, 0.1) is 0 Å². The van der Waals surface area contributed by atoms with E-state index < -0.39 is 0 Å². The van der Waals surface area contributed by atoms with Gasteiger partial charge in [0.1, 0.15) is 0 Å². The monoisotopic (exact) mass is 224 g/mol. The van der Waals surface area contributed by atoms with Gasteiger partial charge < -0.3 is 14.6 Å². The summed E-state index contributed by atoms with van der Waals surface area (Å²) in [5, 5.41) is 9.43. The summed E-state index contributed by atoms with van der Waals surface area (Å²) in [6.45, 7) is 1.92. The Morgan fingerprint density at radius 1 is 1.44 bits per heavy atom. The van der Waals surface area contributed by atoms with Crippen molar-refractivity contribution in [3.8, 4) is 11.5 Å². The number of benzene rings is 1. The predicted octanol–water partition coefficient (Wildman–Crippen LogP) is 2.07. The second-order valence-corrected chi connectivity index (χ2v) is 3.61. The summed E-state index contributed by atoms with van der Waals surface area (Å²) in [6.07, 6.45) is 0.310. The first-order valence-corrected chi connectivity index (χ1v) is 5.02. The van der Waals surface area contributed by atoms with Crippen molar-refractivity contribution in [3.63, 3.8) is 0 Å². The molecule has 16 heavy (non-hydrogen) atoms. The molecule has 0 amide bonds. The summed E-state index contributed by atoms with van der Waals surface area (Å²) >= 11 is 0. The van der Waals surface area contributed by atoms with E-state index in [4.69, 9.17) is 4.74 Å². The average Bonchev–Trinajstić information content (AvgIpc) is 2.29. The van der Waals surface area contributed by atoms with Gasteiger partial charge in [-0.2, -0.15) is 0 Å². The van der Waals surface area contributed by atoms with Gasteiger partial charge in [0.2, 0.25) is 0 Å². The summed E-state index contributed by atoms with van der Waals surface area (Å²) in [7, 11) is 2.86. The van der Waals surface area contributed by atoms with Crippen molar-refractivity contribution in [1.82, 2.24) is 0 Å². The van der Waals surface area contributed by atoms with Crippen LogP contribution in [-0.4, -0.2) is 25.3 Å². The molecule has 1 rings (SSSR count). The average molecular weight is 224 g/mol. The Morgan fingerprint density at radius 2 is 2.12 bits per heavy atom. The van der Waals surface area contributed by atoms with Crippen LogP contribution in [-0.2, 0) is 9.53 Å². The van der Waals surface area contributed by atoms with Gasteiger partial charge in [0, 0.05) is 0 Å². The lowest BCUT2D eigenvalue weighted by atomic mass is 9.97.